The van der Waals surface area contributed by atoms with Crippen LogP contribution < -0.4 is 0 Å². The molecule has 2 fully saturated rings. The normalized spacial score (nSPS) is 18.1. The van der Waals surface area contributed by atoms with Crippen LogP contribution >= 0.6 is 12.4 Å². The first-order chi connectivity index (χ1) is 17.4. The number of benzene rings is 2. The van der Waals surface area contributed by atoms with Crippen LogP contribution in [0.3, 0.4) is 0 Å². The topological polar surface area (TPSA) is 26.8 Å². The Bertz CT molecular complexity index is 1030. The number of halogens is 7. The zero-order chi connectivity index (χ0) is 26.8. The first-order valence-electron chi connectivity index (χ1n) is 12.5. The van der Waals surface area contributed by atoms with Gasteiger partial charge >= 0.3 is 12.4 Å². The van der Waals surface area contributed by atoms with E-state index in [0.29, 0.717) is 13.1 Å². The number of carbonyl (C=O) groups excluding carboxylic acids is 1. The van der Waals surface area contributed by atoms with E-state index in [0.717, 1.165) is 43.2 Å². The molecule has 0 unspecified atom stereocenters. The fourth-order valence-corrected chi connectivity index (χ4v) is 4.79. The third kappa shape index (κ3) is 7.86. The Morgan fingerprint density at radius 1 is 0.921 bits per heavy atom. The van der Waals surface area contributed by atoms with Crippen LogP contribution in [0.1, 0.15) is 41.1 Å². The minimum absolute atomic E-state index is 0. The van der Waals surface area contributed by atoms with E-state index in [2.05, 4.69) is 9.80 Å². The average Bonchev–Trinajstić information content (AvgIpc) is 3.67. The molecule has 4 rings (SSSR count). The molecule has 38 heavy (non-hydrogen) atoms. The van der Waals surface area contributed by atoms with Gasteiger partial charge in [-0.1, -0.05) is 30.3 Å². The third-order valence-electron chi connectivity index (χ3n) is 7.09. The van der Waals surface area contributed by atoms with E-state index >= 15 is 0 Å². The standard InChI is InChI=1S/C27H31F6N3O.ClH/c1-34(10-9-20-15-22(26(28,29)30)17-23(16-20)27(31,32)33)25(37)24(21-5-3-2-4-6-21)36-13-11-35(12-14-36)18-19-7-8-19;/h2-6,15-17,19,24H,7-14,18H2,1H3;1H/t24-;/m0./s1. The Morgan fingerprint density at radius 3 is 1.97 bits per heavy atom. The van der Waals surface area contributed by atoms with E-state index in [1.165, 1.54) is 17.7 Å². The molecule has 11 heteroatoms. The van der Waals surface area contributed by atoms with Crippen LogP contribution in [0, 0.1) is 5.92 Å². The van der Waals surface area contributed by atoms with Gasteiger partial charge in [-0.25, -0.2) is 0 Å². The molecule has 2 aliphatic rings. The Hall–Kier alpha value is -2.30. The lowest BCUT2D eigenvalue weighted by molar-refractivity contribution is -0.143. The van der Waals surface area contributed by atoms with Crippen molar-refractivity contribution in [3.63, 3.8) is 0 Å². The first-order valence-corrected chi connectivity index (χ1v) is 12.5. The molecule has 1 aliphatic carbocycles. The SMILES string of the molecule is CN(CCc1cc(C(F)(F)F)cc(C(F)(F)F)c1)C(=O)[C@H](c1ccccc1)N1CCN(CC2CC2)CC1.Cl. The van der Waals surface area contributed by atoms with Crippen molar-refractivity contribution in [2.45, 2.75) is 37.7 Å². The van der Waals surface area contributed by atoms with Crippen LogP contribution in [0.15, 0.2) is 48.5 Å². The van der Waals surface area contributed by atoms with Gasteiger partial charge in [-0.15, -0.1) is 12.4 Å². The Labute approximate surface area is 225 Å². The molecule has 1 saturated carbocycles. The summed E-state index contributed by atoms with van der Waals surface area (Å²) in [6, 6.07) is 10.3. The summed E-state index contributed by atoms with van der Waals surface area (Å²) in [5.41, 5.74) is -2.00. The molecule has 210 valence electrons. The number of piperazine rings is 1. The minimum Gasteiger partial charge on any atom is -0.344 e. The summed E-state index contributed by atoms with van der Waals surface area (Å²) in [6.07, 6.45) is -7.40. The van der Waals surface area contributed by atoms with Crippen LogP contribution in [0.25, 0.3) is 0 Å². The summed E-state index contributed by atoms with van der Waals surface area (Å²) in [5.74, 6) is 0.544. The van der Waals surface area contributed by atoms with Crippen molar-refractivity contribution in [2.24, 2.45) is 5.92 Å². The molecule has 1 saturated heterocycles. The number of hydrogen-bond acceptors (Lipinski definition) is 3. The first kappa shape index (κ1) is 30.2. The predicted molar refractivity (Wildman–Crippen MR) is 135 cm³/mol. The van der Waals surface area contributed by atoms with Crippen LogP contribution in [0.5, 0.6) is 0 Å². The lowest BCUT2D eigenvalue weighted by Crippen LogP contribution is -2.51. The molecular formula is C27H32ClF6N3O. The molecular weight excluding hydrogens is 532 g/mol. The number of amides is 1. The van der Waals surface area contributed by atoms with Crippen molar-refractivity contribution in [3.8, 4) is 0 Å². The summed E-state index contributed by atoms with van der Waals surface area (Å²) in [7, 11) is 1.54. The van der Waals surface area contributed by atoms with Crippen molar-refractivity contribution in [2.75, 3.05) is 46.3 Å². The van der Waals surface area contributed by atoms with Gasteiger partial charge in [-0.3, -0.25) is 9.69 Å². The van der Waals surface area contributed by atoms with Gasteiger partial charge in [0.05, 0.1) is 11.1 Å². The second kappa shape index (κ2) is 12.3. The Balaban J connectivity index is 0.00000400. The molecule has 4 nitrogen and oxygen atoms in total. The van der Waals surface area contributed by atoms with E-state index in [9.17, 15) is 31.1 Å². The zero-order valence-corrected chi connectivity index (χ0v) is 21.9. The molecule has 0 bridgehead atoms. The summed E-state index contributed by atoms with van der Waals surface area (Å²) < 4.78 is 79.3. The quantitative estimate of drug-likeness (QED) is 0.373. The second-order valence-electron chi connectivity index (χ2n) is 10.0. The fraction of sp³-hybridized carbons (Fsp3) is 0.519. The molecule has 1 aliphatic heterocycles. The van der Waals surface area contributed by atoms with Crippen LogP contribution in [0.4, 0.5) is 26.3 Å². The maximum Gasteiger partial charge on any atom is 0.416 e. The number of nitrogens with zero attached hydrogens (tertiary/aromatic N) is 3. The second-order valence-corrected chi connectivity index (χ2v) is 10.0. The number of carbonyl (C=O) groups is 1. The maximum atomic E-state index is 13.6. The fourth-order valence-electron chi connectivity index (χ4n) is 4.79. The van der Waals surface area contributed by atoms with Gasteiger partial charge in [0, 0.05) is 46.3 Å². The largest absolute Gasteiger partial charge is 0.416 e. The highest BCUT2D eigenvalue weighted by Crippen LogP contribution is 2.36. The number of alkyl halides is 6. The molecule has 0 N–H and O–H groups in total. The van der Waals surface area contributed by atoms with E-state index in [1.807, 2.05) is 30.3 Å². The third-order valence-corrected chi connectivity index (χ3v) is 7.09. The summed E-state index contributed by atoms with van der Waals surface area (Å²) in [4.78, 5) is 19.5. The van der Waals surface area contributed by atoms with Crippen molar-refractivity contribution in [3.05, 3.63) is 70.8 Å². The highest BCUT2D eigenvalue weighted by atomic mass is 35.5. The summed E-state index contributed by atoms with van der Waals surface area (Å²) in [5, 5.41) is 0. The smallest absolute Gasteiger partial charge is 0.344 e. The summed E-state index contributed by atoms with van der Waals surface area (Å²) in [6.45, 7) is 4.17. The van der Waals surface area contributed by atoms with Gasteiger partial charge in [0.25, 0.3) is 0 Å². The molecule has 0 aromatic heterocycles. The van der Waals surface area contributed by atoms with E-state index in [1.54, 1.807) is 7.05 Å². The van der Waals surface area contributed by atoms with E-state index < -0.39 is 29.5 Å². The number of likely N-dealkylation sites (N-methyl/N-ethyl adjacent to an activating group) is 1. The van der Waals surface area contributed by atoms with Gasteiger partial charge in [-0.05, 0) is 54.5 Å². The number of hydrogen-bond donors (Lipinski definition) is 0. The van der Waals surface area contributed by atoms with Crippen LogP contribution in [-0.2, 0) is 23.6 Å². The number of rotatable bonds is 8. The van der Waals surface area contributed by atoms with Crippen LogP contribution in [-0.4, -0.2) is 66.9 Å². The monoisotopic (exact) mass is 563 g/mol. The minimum atomic E-state index is -4.90. The van der Waals surface area contributed by atoms with Crippen molar-refractivity contribution < 1.29 is 31.1 Å². The molecule has 1 atom stereocenters. The van der Waals surface area contributed by atoms with Gasteiger partial charge in [0.15, 0.2) is 0 Å². The maximum absolute atomic E-state index is 13.6. The van der Waals surface area contributed by atoms with Crippen molar-refractivity contribution >= 4 is 18.3 Å². The van der Waals surface area contributed by atoms with Gasteiger partial charge in [0.1, 0.15) is 6.04 Å². The van der Waals surface area contributed by atoms with Crippen molar-refractivity contribution in [1.29, 1.82) is 0 Å². The lowest BCUT2D eigenvalue weighted by atomic mass is 10.0. The lowest BCUT2D eigenvalue weighted by Gasteiger charge is -2.40. The Kier molecular flexibility index (Phi) is 9.76. The molecule has 1 heterocycles. The molecule has 2 aromatic rings. The highest BCUT2D eigenvalue weighted by molar-refractivity contribution is 5.85. The molecule has 0 radical (unpaired) electrons. The van der Waals surface area contributed by atoms with Crippen LogP contribution in [0.2, 0.25) is 0 Å². The van der Waals surface area contributed by atoms with E-state index in [-0.39, 0.29) is 42.9 Å². The highest BCUT2D eigenvalue weighted by Gasteiger charge is 2.37. The molecule has 2 aromatic carbocycles. The van der Waals surface area contributed by atoms with Gasteiger partial charge in [0.2, 0.25) is 5.91 Å². The molecule has 0 spiro atoms. The van der Waals surface area contributed by atoms with Gasteiger partial charge in [-0.2, -0.15) is 26.3 Å². The molecule has 1 amide bonds. The Morgan fingerprint density at radius 2 is 1.47 bits per heavy atom. The van der Waals surface area contributed by atoms with Crippen molar-refractivity contribution in [1.82, 2.24) is 14.7 Å². The predicted octanol–water partition coefficient (Wildman–Crippen LogP) is 5.92. The van der Waals surface area contributed by atoms with Gasteiger partial charge < -0.3 is 9.80 Å². The van der Waals surface area contributed by atoms with E-state index in [4.69, 9.17) is 0 Å². The zero-order valence-electron chi connectivity index (χ0n) is 21.1. The summed E-state index contributed by atoms with van der Waals surface area (Å²) >= 11 is 0. The average molecular weight is 564 g/mol.